The van der Waals surface area contributed by atoms with Crippen molar-refractivity contribution in [2.75, 3.05) is 13.1 Å². The third-order valence-corrected chi connectivity index (χ3v) is 8.41. The lowest BCUT2D eigenvalue weighted by Crippen LogP contribution is -2.35. The first-order valence-corrected chi connectivity index (χ1v) is 12.1. The molecule has 1 fully saturated rings. The second-order valence-corrected chi connectivity index (χ2v) is 10.9. The molecule has 0 spiro atoms. The summed E-state index contributed by atoms with van der Waals surface area (Å²) in [6, 6.07) is 19.3. The summed E-state index contributed by atoms with van der Waals surface area (Å²) < 4.78 is 16.3. The highest BCUT2D eigenvalue weighted by Crippen LogP contribution is 2.58. The van der Waals surface area contributed by atoms with Crippen LogP contribution in [0.15, 0.2) is 72.3 Å². The first-order valence-electron chi connectivity index (χ1n) is 9.60. The topological polar surface area (TPSA) is 20.3 Å². The van der Waals surface area contributed by atoms with E-state index in [0.29, 0.717) is 21.9 Å². The molecule has 0 amide bonds. The maximum atomic E-state index is 14.2. The smallest absolute Gasteiger partial charge is 0.196 e. The minimum Gasteiger partial charge on any atom is -0.297 e. The van der Waals surface area contributed by atoms with Crippen LogP contribution in [0.2, 0.25) is 0 Å². The highest BCUT2D eigenvalue weighted by atomic mass is 35.5. The highest BCUT2D eigenvalue weighted by Gasteiger charge is 2.33. The molecule has 1 aliphatic rings. The normalized spacial score (nSPS) is 22.3. The standard InChI is InChI=1S/C23H26Cl2NOP/c1-18-13-19(2)15-26(14-18)28(27,16-22(24)20-9-5-3-6-10-20)17-23(25)21-11-7-4-8-12-21/h3-12,16-19H,13-15H2,1-2H3/b22-16-,23-17-/t18-,19+. The lowest BCUT2D eigenvalue weighted by atomic mass is 9.94. The van der Waals surface area contributed by atoms with Crippen molar-refractivity contribution in [3.63, 3.8) is 0 Å². The van der Waals surface area contributed by atoms with Gasteiger partial charge >= 0.3 is 0 Å². The molecule has 2 atom stereocenters. The summed E-state index contributed by atoms with van der Waals surface area (Å²) in [4.78, 5) is 0. The molecule has 0 radical (unpaired) electrons. The minimum atomic E-state index is -3.07. The SMILES string of the molecule is C[C@@H]1C[C@H](C)CN(P(=O)(/C=C(\Cl)c2ccccc2)/C=C(\Cl)c2ccccc2)C1. The molecule has 0 aliphatic carbocycles. The predicted octanol–water partition coefficient (Wildman–Crippen LogP) is 7.72. The van der Waals surface area contributed by atoms with Crippen LogP contribution >= 0.6 is 30.5 Å². The minimum absolute atomic E-state index is 0.477. The second kappa shape index (κ2) is 9.46. The van der Waals surface area contributed by atoms with Crippen LogP contribution in [0, 0.1) is 11.8 Å². The van der Waals surface area contributed by atoms with E-state index in [2.05, 4.69) is 18.5 Å². The van der Waals surface area contributed by atoms with Gasteiger partial charge in [-0.05, 0) is 29.4 Å². The molecule has 148 valence electrons. The molecule has 28 heavy (non-hydrogen) atoms. The summed E-state index contributed by atoms with van der Waals surface area (Å²) in [5.41, 5.74) is 1.71. The van der Waals surface area contributed by atoms with Crippen LogP contribution in [-0.2, 0) is 4.57 Å². The van der Waals surface area contributed by atoms with Gasteiger partial charge in [0.25, 0.3) is 0 Å². The Kier molecular flexibility index (Phi) is 7.23. The fourth-order valence-electron chi connectivity index (χ4n) is 3.75. The molecule has 2 aromatic rings. The number of nitrogens with zero attached hydrogens (tertiary/aromatic N) is 1. The van der Waals surface area contributed by atoms with Gasteiger partial charge in [-0.15, -0.1) is 0 Å². The number of halogens is 2. The zero-order chi connectivity index (χ0) is 20.1. The third-order valence-electron chi connectivity index (χ3n) is 4.99. The van der Waals surface area contributed by atoms with Crippen LogP contribution in [0.25, 0.3) is 10.1 Å². The van der Waals surface area contributed by atoms with Gasteiger partial charge in [-0.1, -0.05) is 97.7 Å². The van der Waals surface area contributed by atoms with Crippen molar-refractivity contribution in [3.05, 3.63) is 83.4 Å². The van der Waals surface area contributed by atoms with E-state index in [4.69, 9.17) is 23.2 Å². The molecule has 0 unspecified atom stereocenters. The van der Waals surface area contributed by atoms with Gasteiger partial charge in [0.05, 0.1) is 10.1 Å². The van der Waals surface area contributed by atoms with Gasteiger partial charge < -0.3 is 0 Å². The summed E-state index contributed by atoms with van der Waals surface area (Å²) in [6.45, 7) is 5.95. The Bertz CT molecular complexity index is 826. The molecule has 2 nitrogen and oxygen atoms in total. The molecular weight excluding hydrogens is 408 g/mol. The first-order chi connectivity index (χ1) is 13.4. The predicted molar refractivity (Wildman–Crippen MR) is 123 cm³/mol. The zero-order valence-electron chi connectivity index (χ0n) is 16.3. The number of piperidine rings is 1. The van der Waals surface area contributed by atoms with Crippen molar-refractivity contribution in [2.24, 2.45) is 11.8 Å². The molecule has 5 heteroatoms. The molecule has 1 heterocycles. The van der Waals surface area contributed by atoms with Gasteiger partial charge in [0.2, 0.25) is 0 Å². The summed E-state index contributed by atoms with van der Waals surface area (Å²) in [5.74, 6) is 4.37. The lowest BCUT2D eigenvalue weighted by Gasteiger charge is -2.38. The van der Waals surface area contributed by atoms with Gasteiger partial charge in [-0.2, -0.15) is 0 Å². The average Bonchev–Trinajstić information content (AvgIpc) is 2.68. The van der Waals surface area contributed by atoms with Gasteiger partial charge in [0.15, 0.2) is 7.29 Å². The van der Waals surface area contributed by atoms with Crippen LogP contribution in [0.3, 0.4) is 0 Å². The third kappa shape index (κ3) is 5.39. The quantitative estimate of drug-likeness (QED) is 0.449. The fourth-order valence-corrected chi connectivity index (χ4v) is 7.26. The summed E-state index contributed by atoms with van der Waals surface area (Å²) in [6.07, 6.45) is 1.14. The molecule has 2 aromatic carbocycles. The van der Waals surface area contributed by atoms with Crippen LogP contribution < -0.4 is 0 Å². The van der Waals surface area contributed by atoms with Crippen LogP contribution in [0.5, 0.6) is 0 Å². The Balaban J connectivity index is 2.04. The van der Waals surface area contributed by atoms with E-state index < -0.39 is 7.29 Å². The van der Waals surface area contributed by atoms with Crippen molar-refractivity contribution in [2.45, 2.75) is 20.3 Å². The van der Waals surface area contributed by atoms with Crippen molar-refractivity contribution < 1.29 is 4.57 Å². The number of hydrogen-bond donors (Lipinski definition) is 0. The molecule has 3 rings (SSSR count). The molecular formula is C23H26Cl2NOP. The van der Waals surface area contributed by atoms with Gasteiger partial charge in [0.1, 0.15) is 0 Å². The van der Waals surface area contributed by atoms with Crippen molar-refractivity contribution in [1.82, 2.24) is 4.67 Å². The van der Waals surface area contributed by atoms with Crippen molar-refractivity contribution >= 4 is 40.6 Å². The first kappa shape index (κ1) is 21.4. The average molecular weight is 434 g/mol. The largest absolute Gasteiger partial charge is 0.297 e. The van der Waals surface area contributed by atoms with Crippen molar-refractivity contribution in [3.8, 4) is 0 Å². The Hall–Kier alpha value is -1.31. The Labute approximate surface area is 178 Å². The van der Waals surface area contributed by atoms with E-state index in [1.54, 1.807) is 11.6 Å². The number of hydrogen-bond acceptors (Lipinski definition) is 1. The van der Waals surface area contributed by atoms with E-state index in [1.165, 1.54) is 0 Å². The molecule has 0 aromatic heterocycles. The van der Waals surface area contributed by atoms with Crippen LogP contribution in [0.1, 0.15) is 31.4 Å². The molecule has 0 N–H and O–H groups in total. The summed E-state index contributed by atoms with van der Waals surface area (Å²) in [7, 11) is -3.07. The van der Waals surface area contributed by atoms with Gasteiger partial charge in [-0.3, -0.25) is 4.57 Å². The van der Waals surface area contributed by atoms with E-state index >= 15 is 0 Å². The van der Waals surface area contributed by atoms with E-state index in [9.17, 15) is 4.57 Å². The maximum Gasteiger partial charge on any atom is 0.196 e. The van der Waals surface area contributed by atoms with Crippen LogP contribution in [0.4, 0.5) is 0 Å². The van der Waals surface area contributed by atoms with E-state index in [0.717, 1.165) is 30.6 Å². The number of benzene rings is 2. The Morgan fingerprint density at radius 3 is 1.64 bits per heavy atom. The molecule has 0 bridgehead atoms. The van der Waals surface area contributed by atoms with Gasteiger partial charge in [-0.25, -0.2) is 4.67 Å². The molecule has 1 aliphatic heterocycles. The second-order valence-electron chi connectivity index (χ2n) is 7.68. The van der Waals surface area contributed by atoms with E-state index in [1.807, 2.05) is 60.7 Å². The summed E-state index contributed by atoms with van der Waals surface area (Å²) in [5, 5.41) is 0.979. The fraction of sp³-hybridized carbons (Fsp3) is 0.304. The monoisotopic (exact) mass is 433 g/mol. The highest BCUT2D eigenvalue weighted by molar-refractivity contribution is 7.68. The maximum absolute atomic E-state index is 14.2. The van der Waals surface area contributed by atoms with Crippen LogP contribution in [-0.4, -0.2) is 17.8 Å². The molecule has 1 saturated heterocycles. The van der Waals surface area contributed by atoms with Gasteiger partial charge in [0, 0.05) is 24.7 Å². The lowest BCUT2D eigenvalue weighted by molar-refractivity contribution is 0.224. The zero-order valence-corrected chi connectivity index (χ0v) is 18.7. The van der Waals surface area contributed by atoms with E-state index in [-0.39, 0.29) is 0 Å². The summed E-state index contributed by atoms with van der Waals surface area (Å²) >= 11 is 13.2. The Morgan fingerprint density at radius 2 is 1.25 bits per heavy atom. The Morgan fingerprint density at radius 1 is 0.857 bits per heavy atom. The van der Waals surface area contributed by atoms with Crippen molar-refractivity contribution in [1.29, 1.82) is 0 Å². The number of rotatable bonds is 5. The molecule has 0 saturated carbocycles.